The van der Waals surface area contributed by atoms with Crippen LogP contribution in [0.3, 0.4) is 0 Å². The molecule has 4 aromatic rings. The normalized spacial score (nSPS) is 10.9. The van der Waals surface area contributed by atoms with Crippen molar-refractivity contribution in [1.82, 2.24) is 19.7 Å². The number of thioether (sulfide) groups is 1. The maximum Gasteiger partial charge on any atom is 0.191 e. The highest BCUT2D eigenvalue weighted by atomic mass is 32.2. The van der Waals surface area contributed by atoms with E-state index < -0.39 is 0 Å². The van der Waals surface area contributed by atoms with E-state index in [1.54, 1.807) is 24.2 Å². The van der Waals surface area contributed by atoms with Gasteiger partial charge in [-0.25, -0.2) is 4.39 Å². The van der Waals surface area contributed by atoms with Crippen LogP contribution in [0.1, 0.15) is 28.8 Å². The van der Waals surface area contributed by atoms with Gasteiger partial charge in [0.1, 0.15) is 5.82 Å². The molecule has 0 saturated carbocycles. The van der Waals surface area contributed by atoms with Gasteiger partial charge in [0, 0.05) is 35.7 Å². The average molecular weight is 433 g/mol. The van der Waals surface area contributed by atoms with Crippen molar-refractivity contribution in [3.8, 4) is 11.4 Å². The number of hydrogen-bond donors (Lipinski definition) is 0. The first-order chi connectivity index (χ1) is 15.2. The molecule has 0 radical (unpaired) electrons. The van der Waals surface area contributed by atoms with Gasteiger partial charge in [-0.15, -0.1) is 10.2 Å². The molecule has 2 aromatic carbocycles. The number of aromatic nitrogens is 4. The number of ketones is 1. The molecule has 7 heteroatoms. The van der Waals surface area contributed by atoms with E-state index in [0.29, 0.717) is 24.9 Å². The number of benzene rings is 2. The minimum atomic E-state index is -0.338. The van der Waals surface area contributed by atoms with Gasteiger partial charge in [-0.2, -0.15) is 0 Å². The highest BCUT2D eigenvalue weighted by molar-refractivity contribution is 7.99. The molecule has 0 bridgehead atoms. The summed E-state index contributed by atoms with van der Waals surface area (Å²) in [5.74, 6) is 1.20. The molecule has 0 aliphatic heterocycles. The largest absolute Gasteiger partial charge is 0.298 e. The summed E-state index contributed by atoms with van der Waals surface area (Å²) < 4.78 is 15.1. The first kappa shape index (κ1) is 20.9. The molecule has 0 fully saturated rings. The molecule has 0 atom stereocenters. The van der Waals surface area contributed by atoms with E-state index in [9.17, 15) is 9.18 Å². The van der Waals surface area contributed by atoms with Crippen molar-refractivity contribution in [2.24, 2.45) is 0 Å². The first-order valence-corrected chi connectivity index (χ1v) is 11.0. The molecule has 0 saturated heterocycles. The Balaban J connectivity index is 1.44. The summed E-state index contributed by atoms with van der Waals surface area (Å²) in [6.07, 6.45) is 4.59. The molecule has 0 aliphatic carbocycles. The molecule has 0 amide bonds. The molecule has 5 nitrogen and oxygen atoms in total. The molecule has 2 aromatic heterocycles. The zero-order valence-corrected chi connectivity index (χ0v) is 17.6. The van der Waals surface area contributed by atoms with E-state index >= 15 is 0 Å². The minimum absolute atomic E-state index is 0.0174. The molecule has 0 spiro atoms. The Kier molecular flexibility index (Phi) is 6.84. The third kappa shape index (κ3) is 5.44. The predicted molar refractivity (Wildman–Crippen MR) is 119 cm³/mol. The van der Waals surface area contributed by atoms with Crippen molar-refractivity contribution in [1.29, 1.82) is 0 Å². The van der Waals surface area contributed by atoms with Crippen LogP contribution in [-0.4, -0.2) is 31.3 Å². The average Bonchev–Trinajstić information content (AvgIpc) is 3.20. The zero-order chi connectivity index (χ0) is 21.5. The van der Waals surface area contributed by atoms with E-state index in [-0.39, 0.29) is 11.6 Å². The van der Waals surface area contributed by atoms with E-state index in [1.165, 1.54) is 24.3 Å². The number of carbonyl (C=O) groups is 1. The maximum absolute atomic E-state index is 13.0. The van der Waals surface area contributed by atoms with Crippen molar-refractivity contribution in [2.75, 3.05) is 5.75 Å². The molecule has 0 N–H and O–H groups in total. The summed E-state index contributed by atoms with van der Waals surface area (Å²) in [5, 5.41) is 9.63. The topological polar surface area (TPSA) is 60.7 Å². The summed E-state index contributed by atoms with van der Waals surface area (Å²) in [7, 11) is 0. The lowest BCUT2D eigenvalue weighted by atomic mass is 10.1. The van der Waals surface area contributed by atoms with Crippen molar-refractivity contribution in [3.05, 3.63) is 96.1 Å². The smallest absolute Gasteiger partial charge is 0.191 e. The molecule has 156 valence electrons. The van der Waals surface area contributed by atoms with Gasteiger partial charge in [0.25, 0.3) is 0 Å². The number of rotatable bonds is 9. The highest BCUT2D eigenvalue weighted by Crippen LogP contribution is 2.25. The molecule has 0 unspecified atom stereocenters. The first-order valence-electron chi connectivity index (χ1n) is 10.00. The lowest BCUT2D eigenvalue weighted by molar-refractivity contribution is 0.0982. The summed E-state index contributed by atoms with van der Waals surface area (Å²) >= 11 is 1.58. The van der Waals surface area contributed by atoms with E-state index in [2.05, 4.69) is 31.9 Å². The van der Waals surface area contributed by atoms with Crippen molar-refractivity contribution < 1.29 is 9.18 Å². The Labute approximate surface area is 184 Å². The van der Waals surface area contributed by atoms with Gasteiger partial charge in [-0.1, -0.05) is 42.1 Å². The number of hydrogen-bond acceptors (Lipinski definition) is 5. The van der Waals surface area contributed by atoms with Crippen molar-refractivity contribution >= 4 is 17.5 Å². The molecular formula is C24H21FN4OS. The fraction of sp³-hybridized carbons (Fsp3) is 0.167. The van der Waals surface area contributed by atoms with Gasteiger partial charge in [0.15, 0.2) is 16.8 Å². The van der Waals surface area contributed by atoms with Crippen LogP contribution < -0.4 is 0 Å². The number of nitrogens with zero attached hydrogens (tertiary/aromatic N) is 4. The number of pyridine rings is 1. The SMILES string of the molecule is O=C(CCCSc1nnc(-c2ccncc2)n1Cc1ccccc1)c1ccc(F)cc1. The Morgan fingerprint density at radius 1 is 0.935 bits per heavy atom. The van der Waals surface area contributed by atoms with Crippen LogP contribution in [0.4, 0.5) is 4.39 Å². The Morgan fingerprint density at radius 2 is 1.68 bits per heavy atom. The third-order valence-corrected chi connectivity index (χ3v) is 5.84. The summed E-state index contributed by atoms with van der Waals surface area (Å²) in [6, 6.07) is 19.7. The minimum Gasteiger partial charge on any atom is -0.298 e. The fourth-order valence-corrected chi connectivity index (χ4v) is 4.07. The van der Waals surface area contributed by atoms with E-state index in [4.69, 9.17) is 0 Å². The lowest BCUT2D eigenvalue weighted by Crippen LogP contribution is -2.05. The number of halogens is 1. The summed E-state index contributed by atoms with van der Waals surface area (Å²) in [5.41, 5.74) is 2.65. The van der Waals surface area contributed by atoms with Gasteiger partial charge in [0.05, 0.1) is 6.54 Å². The van der Waals surface area contributed by atoms with Gasteiger partial charge in [0.2, 0.25) is 0 Å². The van der Waals surface area contributed by atoms with Gasteiger partial charge in [-0.05, 0) is 48.4 Å². The van der Waals surface area contributed by atoms with Crippen LogP contribution in [-0.2, 0) is 6.54 Å². The second-order valence-electron chi connectivity index (χ2n) is 7.00. The molecule has 31 heavy (non-hydrogen) atoms. The number of Topliss-reactive ketones (excluding diaryl/α,β-unsaturated/α-hetero) is 1. The Hall–Kier alpha value is -3.32. The Bertz CT molecular complexity index is 1130. The van der Waals surface area contributed by atoms with Crippen LogP contribution in [0.15, 0.2) is 84.3 Å². The van der Waals surface area contributed by atoms with Crippen molar-refractivity contribution in [3.63, 3.8) is 0 Å². The monoisotopic (exact) mass is 432 g/mol. The van der Waals surface area contributed by atoms with Crippen molar-refractivity contribution in [2.45, 2.75) is 24.5 Å². The second-order valence-corrected chi connectivity index (χ2v) is 8.06. The molecule has 4 rings (SSSR count). The predicted octanol–water partition coefficient (Wildman–Crippen LogP) is 5.28. The highest BCUT2D eigenvalue weighted by Gasteiger charge is 2.15. The fourth-order valence-electron chi connectivity index (χ4n) is 3.19. The number of carbonyl (C=O) groups excluding carboxylic acids is 1. The van der Waals surface area contributed by atoms with Crippen LogP contribution in [0.5, 0.6) is 0 Å². The lowest BCUT2D eigenvalue weighted by Gasteiger charge is -2.10. The van der Waals surface area contributed by atoms with Crippen LogP contribution in [0.25, 0.3) is 11.4 Å². The second kappa shape index (κ2) is 10.1. The van der Waals surface area contributed by atoms with Crippen LogP contribution >= 0.6 is 11.8 Å². The molecular weight excluding hydrogens is 411 g/mol. The quantitative estimate of drug-likeness (QED) is 0.204. The van der Waals surface area contributed by atoms with Gasteiger partial charge >= 0.3 is 0 Å². The maximum atomic E-state index is 13.0. The van der Waals surface area contributed by atoms with Gasteiger partial charge in [-0.3, -0.25) is 14.3 Å². The van der Waals surface area contributed by atoms with Crippen LogP contribution in [0, 0.1) is 5.82 Å². The summed E-state index contributed by atoms with van der Waals surface area (Å²) in [6.45, 7) is 0.655. The van der Waals surface area contributed by atoms with Crippen LogP contribution in [0.2, 0.25) is 0 Å². The summed E-state index contributed by atoms with van der Waals surface area (Å²) in [4.78, 5) is 16.4. The molecule has 0 aliphatic rings. The Morgan fingerprint density at radius 3 is 2.42 bits per heavy atom. The molecule has 2 heterocycles. The zero-order valence-electron chi connectivity index (χ0n) is 16.8. The van der Waals surface area contributed by atoms with E-state index in [0.717, 1.165) is 27.9 Å². The third-order valence-electron chi connectivity index (χ3n) is 4.78. The van der Waals surface area contributed by atoms with Gasteiger partial charge < -0.3 is 0 Å². The van der Waals surface area contributed by atoms with E-state index in [1.807, 2.05) is 30.3 Å². The standard InChI is InChI=1S/C24H21FN4OS/c25-21-10-8-19(9-11-21)22(30)7-4-16-31-24-28-27-23(20-12-14-26-15-13-20)29(24)17-18-5-2-1-3-6-18/h1-3,5-6,8-15H,4,7,16-17H2.